The van der Waals surface area contributed by atoms with E-state index in [1.165, 1.54) is 10.8 Å². The Bertz CT molecular complexity index is 1120. The summed E-state index contributed by atoms with van der Waals surface area (Å²) >= 11 is 0. The molecule has 0 unspecified atom stereocenters. The third-order valence-corrected chi connectivity index (χ3v) is 5.41. The fourth-order valence-corrected chi connectivity index (χ4v) is 3.95. The van der Waals surface area contributed by atoms with E-state index < -0.39 is 0 Å². The molecule has 0 atom stereocenters. The van der Waals surface area contributed by atoms with Gasteiger partial charge in [0, 0.05) is 23.4 Å². The number of aliphatic hydroxyl groups is 1. The van der Waals surface area contributed by atoms with Gasteiger partial charge in [-0.1, -0.05) is 67.1 Å². The smallest absolute Gasteiger partial charge is 0.127 e. The molecule has 148 valence electrons. The molecule has 4 aromatic carbocycles. The highest BCUT2D eigenvalue weighted by molar-refractivity contribution is 6.11. The predicted octanol–water partition coefficient (Wildman–Crippen LogP) is 6.17. The molecule has 0 aliphatic heterocycles. The van der Waals surface area contributed by atoms with Crippen molar-refractivity contribution in [3.8, 4) is 16.9 Å². The van der Waals surface area contributed by atoms with E-state index in [9.17, 15) is 0 Å². The minimum Gasteiger partial charge on any atom is -0.493 e. The van der Waals surface area contributed by atoms with Crippen molar-refractivity contribution in [1.29, 1.82) is 0 Å². The van der Waals surface area contributed by atoms with E-state index in [1.807, 2.05) is 6.07 Å². The van der Waals surface area contributed by atoms with Crippen molar-refractivity contribution in [3.63, 3.8) is 0 Å². The van der Waals surface area contributed by atoms with Crippen molar-refractivity contribution >= 4 is 27.2 Å². The highest BCUT2D eigenvalue weighted by atomic mass is 16.5. The van der Waals surface area contributed by atoms with E-state index in [4.69, 9.17) is 15.6 Å². The highest BCUT2D eigenvalue weighted by Crippen LogP contribution is 2.43. The largest absolute Gasteiger partial charge is 0.493 e. The first-order valence-corrected chi connectivity index (χ1v) is 10.3. The van der Waals surface area contributed by atoms with Gasteiger partial charge >= 0.3 is 0 Å². The summed E-state index contributed by atoms with van der Waals surface area (Å²) in [4.78, 5) is 0. The number of ether oxygens (including phenoxy) is 1. The third-order valence-electron chi connectivity index (χ3n) is 5.41. The summed E-state index contributed by atoms with van der Waals surface area (Å²) in [5.41, 5.74) is 9.37. The molecule has 0 aliphatic rings. The molecule has 0 aliphatic carbocycles. The fourth-order valence-electron chi connectivity index (χ4n) is 3.95. The molecule has 0 spiro atoms. The molecule has 0 saturated carbocycles. The van der Waals surface area contributed by atoms with Gasteiger partial charge in [0.25, 0.3) is 0 Å². The van der Waals surface area contributed by atoms with Crippen LogP contribution in [0.15, 0.2) is 72.8 Å². The van der Waals surface area contributed by atoms with Crippen LogP contribution in [0.3, 0.4) is 0 Å². The summed E-state index contributed by atoms with van der Waals surface area (Å²) < 4.78 is 6.27. The Morgan fingerprint density at radius 2 is 1.28 bits per heavy atom. The van der Waals surface area contributed by atoms with Crippen molar-refractivity contribution in [2.75, 3.05) is 18.9 Å². The van der Waals surface area contributed by atoms with E-state index in [1.54, 1.807) is 0 Å². The van der Waals surface area contributed by atoms with Crippen molar-refractivity contribution in [2.45, 2.75) is 25.7 Å². The third kappa shape index (κ3) is 4.06. The topological polar surface area (TPSA) is 55.5 Å². The number of fused-ring (bicyclic) bond motifs is 2. The van der Waals surface area contributed by atoms with Crippen molar-refractivity contribution in [2.24, 2.45) is 0 Å². The SMILES string of the molecule is Nc1ccc2ccccc2c1-c1c(OCCCCCCO)ccc2ccccc12. The van der Waals surface area contributed by atoms with Crippen molar-refractivity contribution < 1.29 is 9.84 Å². The van der Waals surface area contributed by atoms with Gasteiger partial charge in [0.2, 0.25) is 0 Å². The van der Waals surface area contributed by atoms with Gasteiger partial charge in [0.15, 0.2) is 0 Å². The number of benzene rings is 4. The zero-order valence-electron chi connectivity index (χ0n) is 16.6. The summed E-state index contributed by atoms with van der Waals surface area (Å²) in [5, 5.41) is 13.6. The maximum absolute atomic E-state index is 8.93. The second kappa shape index (κ2) is 8.97. The molecule has 4 aromatic rings. The molecule has 0 fully saturated rings. The maximum Gasteiger partial charge on any atom is 0.127 e. The lowest BCUT2D eigenvalue weighted by Crippen LogP contribution is -2.01. The van der Waals surface area contributed by atoms with E-state index in [0.717, 1.165) is 59.0 Å². The van der Waals surface area contributed by atoms with Crippen LogP contribution in [0.25, 0.3) is 32.7 Å². The number of anilines is 1. The highest BCUT2D eigenvalue weighted by Gasteiger charge is 2.16. The van der Waals surface area contributed by atoms with Crippen LogP contribution >= 0.6 is 0 Å². The number of rotatable bonds is 8. The van der Waals surface area contributed by atoms with Gasteiger partial charge in [-0.05, 0) is 52.9 Å². The standard InChI is InChI=1S/C26H27NO2/c27-23-15-13-19-9-3-5-11-21(19)25(23)26-22-12-6-4-10-20(22)14-16-24(26)29-18-8-2-1-7-17-28/h3-6,9-16,28H,1-2,7-8,17-18,27H2. The Morgan fingerprint density at radius 3 is 2.00 bits per heavy atom. The first kappa shape index (κ1) is 19.3. The van der Waals surface area contributed by atoms with Gasteiger partial charge in [-0.25, -0.2) is 0 Å². The molecular formula is C26H27NO2. The van der Waals surface area contributed by atoms with Gasteiger partial charge in [0.1, 0.15) is 5.75 Å². The summed E-state index contributed by atoms with van der Waals surface area (Å²) in [7, 11) is 0. The minimum atomic E-state index is 0.260. The lowest BCUT2D eigenvalue weighted by molar-refractivity contribution is 0.274. The average molecular weight is 386 g/mol. The van der Waals surface area contributed by atoms with Crippen molar-refractivity contribution in [3.05, 3.63) is 72.8 Å². The second-order valence-corrected chi connectivity index (χ2v) is 7.40. The quantitative estimate of drug-likeness (QED) is 0.281. The van der Waals surface area contributed by atoms with Crippen LogP contribution in [-0.2, 0) is 0 Å². The normalized spacial score (nSPS) is 11.2. The fraction of sp³-hybridized carbons (Fsp3) is 0.231. The first-order chi connectivity index (χ1) is 14.3. The van der Waals surface area contributed by atoms with E-state index in [-0.39, 0.29) is 6.61 Å². The number of unbranched alkanes of at least 4 members (excludes halogenated alkanes) is 3. The number of nitrogen functional groups attached to an aromatic ring is 1. The van der Waals surface area contributed by atoms with E-state index >= 15 is 0 Å². The molecule has 0 amide bonds. The summed E-state index contributed by atoms with van der Waals surface area (Å²) in [5.74, 6) is 0.869. The van der Waals surface area contributed by atoms with Crippen LogP contribution in [0.4, 0.5) is 5.69 Å². The minimum absolute atomic E-state index is 0.260. The number of nitrogens with two attached hydrogens (primary N) is 1. The number of aliphatic hydroxyl groups excluding tert-OH is 1. The lowest BCUT2D eigenvalue weighted by atomic mass is 9.92. The van der Waals surface area contributed by atoms with Gasteiger partial charge in [-0.3, -0.25) is 0 Å². The molecule has 3 N–H and O–H groups in total. The molecule has 0 heterocycles. The first-order valence-electron chi connectivity index (χ1n) is 10.3. The monoisotopic (exact) mass is 385 g/mol. The summed E-state index contributed by atoms with van der Waals surface area (Å²) in [6, 6.07) is 25.0. The molecule has 0 radical (unpaired) electrons. The molecule has 0 bridgehead atoms. The Labute approximate surface area is 171 Å². The summed E-state index contributed by atoms with van der Waals surface area (Å²) in [6.07, 6.45) is 3.91. The Balaban J connectivity index is 1.79. The van der Waals surface area contributed by atoms with Gasteiger partial charge in [0.05, 0.1) is 6.61 Å². The molecule has 0 saturated heterocycles. The van der Waals surface area contributed by atoms with E-state index in [0.29, 0.717) is 6.61 Å². The zero-order valence-corrected chi connectivity index (χ0v) is 16.6. The van der Waals surface area contributed by atoms with Crippen LogP contribution < -0.4 is 10.5 Å². The molecular weight excluding hydrogens is 358 g/mol. The molecule has 0 aromatic heterocycles. The van der Waals surface area contributed by atoms with Crippen molar-refractivity contribution in [1.82, 2.24) is 0 Å². The Morgan fingerprint density at radius 1 is 0.655 bits per heavy atom. The Hall–Kier alpha value is -3.04. The zero-order chi connectivity index (χ0) is 20.1. The van der Waals surface area contributed by atoms with Crippen LogP contribution in [0.2, 0.25) is 0 Å². The van der Waals surface area contributed by atoms with Crippen LogP contribution in [0.5, 0.6) is 5.75 Å². The second-order valence-electron chi connectivity index (χ2n) is 7.40. The van der Waals surface area contributed by atoms with Gasteiger partial charge in [-0.2, -0.15) is 0 Å². The predicted molar refractivity (Wildman–Crippen MR) is 122 cm³/mol. The molecule has 3 nitrogen and oxygen atoms in total. The van der Waals surface area contributed by atoms with E-state index in [2.05, 4.69) is 66.7 Å². The van der Waals surface area contributed by atoms with Gasteiger partial charge < -0.3 is 15.6 Å². The van der Waals surface area contributed by atoms with Crippen LogP contribution in [-0.4, -0.2) is 18.3 Å². The molecule has 29 heavy (non-hydrogen) atoms. The average Bonchev–Trinajstić information content (AvgIpc) is 2.76. The number of hydrogen-bond acceptors (Lipinski definition) is 3. The molecule has 4 rings (SSSR count). The Kier molecular flexibility index (Phi) is 5.97. The van der Waals surface area contributed by atoms with Crippen LogP contribution in [0, 0.1) is 0 Å². The van der Waals surface area contributed by atoms with Crippen LogP contribution in [0.1, 0.15) is 25.7 Å². The van der Waals surface area contributed by atoms with Gasteiger partial charge in [-0.15, -0.1) is 0 Å². The number of hydrogen-bond donors (Lipinski definition) is 2. The molecule has 3 heteroatoms. The maximum atomic E-state index is 8.93. The lowest BCUT2D eigenvalue weighted by Gasteiger charge is -2.18. The summed E-state index contributed by atoms with van der Waals surface area (Å²) in [6.45, 7) is 0.914.